The van der Waals surface area contributed by atoms with Crippen molar-refractivity contribution in [2.75, 3.05) is 11.1 Å². The van der Waals surface area contributed by atoms with E-state index in [2.05, 4.69) is 10.3 Å². The first-order valence-electron chi connectivity index (χ1n) is 5.46. The van der Waals surface area contributed by atoms with Gasteiger partial charge in [-0.05, 0) is 36.2 Å². The van der Waals surface area contributed by atoms with Crippen LogP contribution in [-0.2, 0) is 6.54 Å². The SMILES string of the molecule is Cc1cnccc1CNc1cc(Cl)c(Cl)cc1N. The van der Waals surface area contributed by atoms with Crippen LogP contribution in [0.3, 0.4) is 0 Å². The highest BCUT2D eigenvalue weighted by atomic mass is 35.5. The van der Waals surface area contributed by atoms with Gasteiger partial charge >= 0.3 is 0 Å². The number of rotatable bonds is 3. The van der Waals surface area contributed by atoms with E-state index in [4.69, 9.17) is 28.9 Å². The Morgan fingerprint density at radius 3 is 2.72 bits per heavy atom. The molecular weight excluding hydrogens is 269 g/mol. The number of nitrogens with zero attached hydrogens (tertiary/aromatic N) is 1. The van der Waals surface area contributed by atoms with E-state index in [-0.39, 0.29) is 0 Å². The van der Waals surface area contributed by atoms with Crippen LogP contribution in [0.2, 0.25) is 10.0 Å². The van der Waals surface area contributed by atoms with Crippen LogP contribution in [-0.4, -0.2) is 4.98 Å². The second-order valence-corrected chi connectivity index (χ2v) is 4.82. The quantitative estimate of drug-likeness (QED) is 0.840. The molecular formula is C13H13Cl2N3. The number of anilines is 2. The highest BCUT2D eigenvalue weighted by Crippen LogP contribution is 2.30. The molecule has 0 aliphatic rings. The first-order chi connectivity index (χ1) is 8.58. The molecule has 0 aliphatic heterocycles. The second kappa shape index (κ2) is 5.46. The molecule has 2 rings (SSSR count). The Balaban J connectivity index is 2.16. The van der Waals surface area contributed by atoms with Gasteiger partial charge in [0.2, 0.25) is 0 Å². The van der Waals surface area contributed by atoms with E-state index in [0.29, 0.717) is 22.3 Å². The van der Waals surface area contributed by atoms with Crippen molar-refractivity contribution in [3.63, 3.8) is 0 Å². The second-order valence-electron chi connectivity index (χ2n) is 4.01. The lowest BCUT2D eigenvalue weighted by molar-refractivity contribution is 1.09. The van der Waals surface area contributed by atoms with Gasteiger partial charge in [0.1, 0.15) is 0 Å². The minimum Gasteiger partial charge on any atom is -0.397 e. The van der Waals surface area contributed by atoms with Gasteiger partial charge < -0.3 is 11.1 Å². The van der Waals surface area contributed by atoms with Crippen molar-refractivity contribution < 1.29 is 0 Å². The normalized spacial score (nSPS) is 10.4. The summed E-state index contributed by atoms with van der Waals surface area (Å²) in [6.45, 7) is 2.68. The number of benzene rings is 1. The number of nitrogens with two attached hydrogens (primary N) is 1. The summed E-state index contributed by atoms with van der Waals surface area (Å²) in [5.41, 5.74) is 9.52. The molecule has 0 saturated heterocycles. The zero-order chi connectivity index (χ0) is 13.1. The third-order valence-corrected chi connectivity index (χ3v) is 3.42. The first kappa shape index (κ1) is 13.0. The van der Waals surface area contributed by atoms with Gasteiger partial charge in [0.15, 0.2) is 0 Å². The van der Waals surface area contributed by atoms with E-state index >= 15 is 0 Å². The zero-order valence-corrected chi connectivity index (χ0v) is 11.4. The first-order valence-corrected chi connectivity index (χ1v) is 6.21. The summed E-state index contributed by atoms with van der Waals surface area (Å²) in [4.78, 5) is 4.05. The van der Waals surface area contributed by atoms with Crippen LogP contribution in [0.4, 0.5) is 11.4 Å². The Morgan fingerprint density at radius 2 is 2.00 bits per heavy atom. The predicted octanol–water partition coefficient (Wildman–Crippen LogP) is 3.89. The number of pyridine rings is 1. The maximum Gasteiger partial charge on any atom is 0.0614 e. The van der Waals surface area contributed by atoms with E-state index in [0.717, 1.165) is 16.8 Å². The van der Waals surface area contributed by atoms with E-state index in [1.54, 1.807) is 18.3 Å². The molecule has 0 saturated carbocycles. The van der Waals surface area contributed by atoms with Gasteiger partial charge in [-0.3, -0.25) is 4.98 Å². The van der Waals surface area contributed by atoms with E-state index < -0.39 is 0 Å². The average Bonchev–Trinajstić information content (AvgIpc) is 2.34. The van der Waals surface area contributed by atoms with E-state index in [9.17, 15) is 0 Å². The largest absolute Gasteiger partial charge is 0.397 e. The molecule has 0 fully saturated rings. The van der Waals surface area contributed by atoms with Crippen LogP contribution >= 0.6 is 23.2 Å². The third kappa shape index (κ3) is 2.86. The Labute approximate surface area is 116 Å². The predicted molar refractivity (Wildman–Crippen MR) is 77.2 cm³/mol. The molecule has 94 valence electrons. The molecule has 3 nitrogen and oxygen atoms in total. The molecule has 1 aromatic carbocycles. The van der Waals surface area contributed by atoms with E-state index in [1.165, 1.54) is 0 Å². The molecule has 1 aromatic heterocycles. The van der Waals surface area contributed by atoms with Gasteiger partial charge in [-0.2, -0.15) is 0 Å². The van der Waals surface area contributed by atoms with Crippen LogP contribution in [0, 0.1) is 6.92 Å². The van der Waals surface area contributed by atoms with Crippen molar-refractivity contribution in [2.45, 2.75) is 13.5 Å². The number of aryl methyl sites for hydroxylation is 1. The molecule has 0 bridgehead atoms. The molecule has 0 atom stereocenters. The summed E-state index contributed by atoms with van der Waals surface area (Å²) in [6.07, 6.45) is 3.59. The Bertz CT molecular complexity index is 570. The summed E-state index contributed by atoms with van der Waals surface area (Å²) in [7, 11) is 0. The van der Waals surface area contributed by atoms with Gasteiger partial charge in [-0.1, -0.05) is 23.2 Å². The molecule has 3 N–H and O–H groups in total. The van der Waals surface area contributed by atoms with Crippen molar-refractivity contribution >= 4 is 34.6 Å². The van der Waals surface area contributed by atoms with Crippen LogP contribution in [0.1, 0.15) is 11.1 Å². The average molecular weight is 282 g/mol. The number of nitrogens with one attached hydrogen (secondary N) is 1. The molecule has 18 heavy (non-hydrogen) atoms. The molecule has 2 aromatic rings. The van der Waals surface area contributed by atoms with Gasteiger partial charge in [-0.15, -0.1) is 0 Å². The smallest absolute Gasteiger partial charge is 0.0614 e. The van der Waals surface area contributed by atoms with Gasteiger partial charge in [0.05, 0.1) is 21.4 Å². The Hall–Kier alpha value is -1.45. The van der Waals surface area contributed by atoms with Gasteiger partial charge in [0.25, 0.3) is 0 Å². The highest BCUT2D eigenvalue weighted by molar-refractivity contribution is 6.42. The summed E-state index contributed by atoms with van der Waals surface area (Å²) in [5.74, 6) is 0. The van der Waals surface area contributed by atoms with Crippen LogP contribution in [0.15, 0.2) is 30.6 Å². The topological polar surface area (TPSA) is 50.9 Å². The van der Waals surface area contributed by atoms with Gasteiger partial charge in [0, 0.05) is 18.9 Å². The summed E-state index contributed by atoms with van der Waals surface area (Å²) < 4.78 is 0. The van der Waals surface area contributed by atoms with Crippen molar-refractivity contribution in [2.24, 2.45) is 0 Å². The standard InChI is InChI=1S/C13H13Cl2N3/c1-8-6-17-3-2-9(8)7-18-13-5-11(15)10(14)4-12(13)16/h2-6,18H,7,16H2,1H3. The maximum atomic E-state index is 5.96. The van der Waals surface area contributed by atoms with Crippen LogP contribution in [0.5, 0.6) is 0 Å². The minimum absolute atomic E-state index is 0.458. The number of hydrogen-bond donors (Lipinski definition) is 2. The summed E-state index contributed by atoms with van der Waals surface area (Å²) in [5, 5.41) is 4.19. The lowest BCUT2D eigenvalue weighted by atomic mass is 10.1. The third-order valence-electron chi connectivity index (χ3n) is 2.70. The fourth-order valence-corrected chi connectivity index (χ4v) is 1.94. The van der Waals surface area contributed by atoms with Crippen LogP contribution in [0.25, 0.3) is 0 Å². The molecule has 0 radical (unpaired) electrons. The number of nitrogen functional groups attached to an aromatic ring is 1. The summed E-state index contributed by atoms with van der Waals surface area (Å²) >= 11 is 11.8. The molecule has 0 spiro atoms. The zero-order valence-electron chi connectivity index (χ0n) is 9.87. The number of aromatic nitrogens is 1. The monoisotopic (exact) mass is 281 g/mol. The summed E-state index contributed by atoms with van der Waals surface area (Å²) in [6, 6.07) is 5.34. The lowest BCUT2D eigenvalue weighted by Crippen LogP contribution is -2.04. The fourth-order valence-electron chi connectivity index (χ4n) is 1.61. The van der Waals surface area contributed by atoms with Crippen molar-refractivity contribution in [1.29, 1.82) is 0 Å². The van der Waals surface area contributed by atoms with E-state index in [1.807, 2.05) is 19.2 Å². The Kier molecular flexibility index (Phi) is 3.94. The Morgan fingerprint density at radius 1 is 1.28 bits per heavy atom. The number of halogens is 2. The molecule has 0 unspecified atom stereocenters. The minimum atomic E-state index is 0.458. The van der Waals surface area contributed by atoms with Crippen molar-refractivity contribution in [3.05, 3.63) is 51.8 Å². The molecule has 1 heterocycles. The van der Waals surface area contributed by atoms with Gasteiger partial charge in [-0.25, -0.2) is 0 Å². The molecule has 5 heteroatoms. The molecule has 0 amide bonds. The van der Waals surface area contributed by atoms with Crippen molar-refractivity contribution in [1.82, 2.24) is 4.98 Å². The molecule has 0 aliphatic carbocycles. The number of hydrogen-bond acceptors (Lipinski definition) is 3. The fraction of sp³-hybridized carbons (Fsp3) is 0.154. The van der Waals surface area contributed by atoms with Crippen LogP contribution < -0.4 is 11.1 Å². The lowest BCUT2D eigenvalue weighted by Gasteiger charge is -2.12. The highest BCUT2D eigenvalue weighted by Gasteiger charge is 2.05. The maximum absolute atomic E-state index is 5.96. The van der Waals surface area contributed by atoms with Crippen molar-refractivity contribution in [3.8, 4) is 0 Å².